The SMILES string of the molecule is CSN1c2cc3c(cc2B2c4cc5c(cc4Oc4cc(N(c6ccccc6)c6ccccc6)cc1c42)Oc1cc(N(c2ccccc2)c2ccccc2)cc2c1B5c1ccccc1O2)B1c2ccccc2Oc2cc(N(c4ccccc4)c4ccccc4)cc(c21)O3. The second-order valence-corrected chi connectivity index (χ2v) is 24.6. The Morgan fingerprint density at radius 1 is 0.239 bits per heavy atom. The van der Waals surface area contributed by atoms with Crippen molar-refractivity contribution in [3.05, 3.63) is 291 Å². The summed E-state index contributed by atoms with van der Waals surface area (Å²) in [7, 11) is 0. The maximum absolute atomic E-state index is 7.55. The number of anilines is 11. The van der Waals surface area contributed by atoms with Crippen LogP contribution in [0.25, 0.3) is 0 Å². The van der Waals surface area contributed by atoms with Crippen LogP contribution in [0.3, 0.4) is 0 Å². The van der Waals surface area contributed by atoms with Crippen LogP contribution in [-0.4, -0.2) is 26.4 Å². The van der Waals surface area contributed by atoms with Crippen molar-refractivity contribution in [2.75, 3.05) is 25.3 Å². The van der Waals surface area contributed by atoms with E-state index < -0.39 is 0 Å². The molecule has 92 heavy (non-hydrogen) atoms. The highest BCUT2D eigenvalue weighted by molar-refractivity contribution is 8.00. The molecular formula is C79H51B3N4O5S. The molecule has 13 aromatic carbocycles. The van der Waals surface area contributed by atoms with Gasteiger partial charge in [-0.3, -0.25) is 4.31 Å². The summed E-state index contributed by atoms with van der Waals surface area (Å²) in [6.45, 7) is -0.758. The molecule has 0 saturated carbocycles. The topological polar surface area (TPSA) is 59.1 Å². The molecule has 0 saturated heterocycles. The zero-order valence-corrected chi connectivity index (χ0v) is 50.5. The molecule has 0 amide bonds. The lowest BCUT2D eigenvalue weighted by Gasteiger charge is -2.42. The van der Waals surface area contributed by atoms with Gasteiger partial charge in [-0.05, 0) is 141 Å². The van der Waals surface area contributed by atoms with E-state index in [1.54, 1.807) is 11.9 Å². The van der Waals surface area contributed by atoms with Gasteiger partial charge in [0.2, 0.25) is 0 Å². The summed E-state index contributed by atoms with van der Waals surface area (Å²) in [5, 5.41) is 0. The van der Waals surface area contributed by atoms with Crippen LogP contribution in [0.4, 0.5) is 62.6 Å². The van der Waals surface area contributed by atoms with Crippen LogP contribution in [0, 0.1) is 0 Å². The highest BCUT2D eigenvalue weighted by Crippen LogP contribution is 2.50. The number of rotatable bonds is 10. The molecule has 0 bridgehead atoms. The number of nitrogens with zero attached hydrogens (tertiary/aromatic N) is 4. The van der Waals surface area contributed by atoms with Gasteiger partial charge in [-0.2, -0.15) is 0 Å². The summed E-state index contributed by atoms with van der Waals surface area (Å²) < 4.78 is 38.8. The fraction of sp³-hybridized carbons (Fsp3) is 0.0127. The van der Waals surface area contributed by atoms with Gasteiger partial charge >= 0.3 is 0 Å². The number of fused-ring (bicyclic) bond motifs is 12. The van der Waals surface area contributed by atoms with Crippen molar-refractivity contribution in [2.45, 2.75) is 0 Å². The highest BCUT2D eigenvalue weighted by atomic mass is 32.2. The lowest BCUT2D eigenvalue weighted by atomic mass is 9.30. The maximum atomic E-state index is 7.55. The molecule has 0 radical (unpaired) electrons. The van der Waals surface area contributed by atoms with E-state index in [2.05, 4.69) is 304 Å². The van der Waals surface area contributed by atoms with E-state index in [-0.39, 0.29) is 20.1 Å². The van der Waals surface area contributed by atoms with E-state index in [0.29, 0.717) is 0 Å². The highest BCUT2D eigenvalue weighted by Gasteiger charge is 2.49. The Hall–Kier alpha value is -11.4. The second kappa shape index (κ2) is 20.8. The fourth-order valence-electron chi connectivity index (χ4n) is 14.9. The zero-order chi connectivity index (χ0) is 60.5. The molecule has 13 heteroatoms. The minimum Gasteiger partial charge on any atom is -0.458 e. The molecule has 0 fully saturated rings. The van der Waals surface area contributed by atoms with Crippen LogP contribution in [0.15, 0.2) is 291 Å². The predicted octanol–water partition coefficient (Wildman–Crippen LogP) is 14.9. The Morgan fingerprint density at radius 3 is 0.902 bits per heavy atom. The van der Waals surface area contributed by atoms with E-state index in [0.717, 1.165) is 169 Å². The first-order chi connectivity index (χ1) is 45.6. The fourth-order valence-corrected chi connectivity index (χ4v) is 15.6. The van der Waals surface area contributed by atoms with Crippen LogP contribution in [0.1, 0.15) is 0 Å². The standard InChI is InChI=1S/C79H51B3N4O5S/c1-92-86-65-48-69-62(80-59-36-20-22-38-67(59)87-73-42-57(44-75(89-69)78(73)80)84(52-28-12-4-13-29-52)53-30-14-5-15-31-53)46-61(65)82-64-47-63-70(49-71(64)90-72-41-56(40-66(86)77(72)82)83(50-24-8-2-9-25-50)51-26-10-3-11-27-51)91-76-45-58(43-74-79(76)81(63)60-37-21-23-39-68(60)88-74)85(54-32-16-6-17-33-54)55-34-18-7-19-35-55/h2-49H,1H3. The van der Waals surface area contributed by atoms with E-state index in [4.69, 9.17) is 23.7 Å². The number of benzene rings is 13. The largest absolute Gasteiger partial charge is 0.458 e. The molecule has 0 aromatic heterocycles. The van der Waals surface area contributed by atoms with Crippen LogP contribution < -0.4 is 91.9 Å². The molecule has 0 unspecified atom stereocenters. The average Bonchev–Trinajstić information content (AvgIpc) is 0.701. The van der Waals surface area contributed by atoms with Crippen LogP contribution in [-0.2, 0) is 0 Å². The molecule has 432 valence electrons. The second-order valence-electron chi connectivity index (χ2n) is 23.8. The van der Waals surface area contributed by atoms with Gasteiger partial charge in [-0.25, -0.2) is 0 Å². The summed E-state index contributed by atoms with van der Waals surface area (Å²) in [4.78, 5) is 6.84. The summed E-state index contributed by atoms with van der Waals surface area (Å²) >= 11 is 1.68. The molecule has 6 aliphatic rings. The Bertz CT molecular complexity index is 5020. The van der Waals surface area contributed by atoms with Crippen molar-refractivity contribution in [1.29, 1.82) is 0 Å². The summed E-state index contributed by atoms with van der Waals surface area (Å²) in [5.74, 6) is 7.61. The van der Waals surface area contributed by atoms with Crippen LogP contribution in [0.2, 0.25) is 0 Å². The Balaban J connectivity index is 0.828. The Morgan fingerprint density at radius 2 is 0.533 bits per heavy atom. The lowest BCUT2D eigenvalue weighted by molar-refractivity contribution is 0.456. The third-order valence-corrected chi connectivity index (χ3v) is 19.5. The lowest BCUT2D eigenvalue weighted by Crippen LogP contribution is -2.64. The Labute approximate surface area is 538 Å². The zero-order valence-electron chi connectivity index (χ0n) is 49.7. The smallest absolute Gasteiger partial charge is 0.260 e. The van der Waals surface area contributed by atoms with Gasteiger partial charge in [0.05, 0.1) is 28.4 Å². The van der Waals surface area contributed by atoms with Crippen molar-refractivity contribution < 1.29 is 23.7 Å². The molecule has 13 aromatic rings. The number of hydrogen-bond acceptors (Lipinski definition) is 10. The molecule has 0 N–H and O–H groups in total. The Kier molecular flexibility index (Phi) is 11.9. The van der Waals surface area contributed by atoms with Gasteiger partial charge in [0.1, 0.15) is 57.5 Å². The molecule has 6 heterocycles. The molecule has 0 spiro atoms. The van der Waals surface area contributed by atoms with Crippen molar-refractivity contribution in [1.82, 2.24) is 0 Å². The van der Waals surface area contributed by atoms with Crippen molar-refractivity contribution in [2.24, 2.45) is 0 Å². The molecule has 0 atom stereocenters. The summed E-state index contributed by atoms with van der Waals surface area (Å²) in [5.41, 5.74) is 20.5. The minimum atomic E-state index is -0.305. The van der Waals surface area contributed by atoms with Gasteiger partial charge in [-0.15, -0.1) is 0 Å². The molecule has 9 nitrogen and oxygen atoms in total. The normalized spacial score (nSPS) is 13.2. The monoisotopic (exact) mass is 1200 g/mol. The van der Waals surface area contributed by atoms with E-state index in [1.807, 2.05) is 12.1 Å². The van der Waals surface area contributed by atoms with Gasteiger partial charge in [0.25, 0.3) is 20.1 Å². The third-order valence-electron chi connectivity index (χ3n) is 18.7. The number of ether oxygens (including phenoxy) is 5. The number of para-hydroxylation sites is 8. The van der Waals surface area contributed by atoms with Crippen LogP contribution in [0.5, 0.6) is 57.5 Å². The van der Waals surface area contributed by atoms with Crippen molar-refractivity contribution >= 4 is 144 Å². The first-order valence-corrected chi connectivity index (χ1v) is 32.3. The minimum absolute atomic E-state index is 0.222. The van der Waals surface area contributed by atoms with E-state index in [1.165, 1.54) is 0 Å². The van der Waals surface area contributed by atoms with Gasteiger partial charge in [0.15, 0.2) is 0 Å². The average molecular weight is 1200 g/mol. The third kappa shape index (κ3) is 8.18. The van der Waals surface area contributed by atoms with Gasteiger partial charge in [0, 0.05) is 93.8 Å². The summed E-state index contributed by atoms with van der Waals surface area (Å²) in [6.07, 6.45) is 2.16. The number of hydrogen-bond donors (Lipinski definition) is 0. The maximum Gasteiger partial charge on any atom is 0.260 e. The van der Waals surface area contributed by atoms with Gasteiger partial charge in [-0.1, -0.05) is 158 Å². The molecule has 19 rings (SSSR count). The van der Waals surface area contributed by atoms with Gasteiger partial charge < -0.3 is 38.4 Å². The quantitative estimate of drug-likeness (QED) is 0.0978. The van der Waals surface area contributed by atoms with E-state index in [9.17, 15) is 0 Å². The first kappa shape index (κ1) is 52.5. The summed E-state index contributed by atoms with van der Waals surface area (Å²) in [6, 6.07) is 103. The van der Waals surface area contributed by atoms with Crippen molar-refractivity contribution in [3.8, 4) is 57.5 Å². The molecular weight excluding hydrogens is 1150 g/mol. The molecule has 0 aliphatic carbocycles. The van der Waals surface area contributed by atoms with E-state index >= 15 is 0 Å². The van der Waals surface area contributed by atoms with Crippen molar-refractivity contribution in [3.63, 3.8) is 0 Å². The van der Waals surface area contributed by atoms with Crippen LogP contribution >= 0.6 is 11.9 Å². The predicted molar refractivity (Wildman–Crippen MR) is 379 cm³/mol. The molecule has 6 aliphatic heterocycles. The first-order valence-electron chi connectivity index (χ1n) is 31.1.